The largest absolute Gasteiger partial charge is 0.348 e. The molecule has 1 saturated heterocycles. The molecule has 0 spiro atoms. The fourth-order valence-corrected chi connectivity index (χ4v) is 2.73. The topological polar surface area (TPSA) is 54.0 Å². The first-order valence-corrected chi connectivity index (χ1v) is 7.83. The molecule has 1 aliphatic rings. The van der Waals surface area contributed by atoms with Gasteiger partial charge in [0.1, 0.15) is 0 Å². The highest BCUT2D eigenvalue weighted by atomic mass is 35.5. The van der Waals surface area contributed by atoms with Gasteiger partial charge in [-0.3, -0.25) is 9.78 Å². The number of hydrogen-bond acceptors (Lipinski definition) is 3. The Morgan fingerprint density at radius 2 is 1.92 bits per heavy atom. The Morgan fingerprint density at radius 1 is 1.17 bits per heavy atom. The summed E-state index contributed by atoms with van der Waals surface area (Å²) in [5, 5.41) is 7.04. The maximum absolute atomic E-state index is 12.4. The Labute approximate surface area is 159 Å². The summed E-state index contributed by atoms with van der Waals surface area (Å²) in [5.41, 5.74) is 2.48. The van der Waals surface area contributed by atoms with E-state index >= 15 is 0 Å². The van der Waals surface area contributed by atoms with Crippen LogP contribution in [0.2, 0.25) is 5.02 Å². The molecule has 2 heterocycles. The van der Waals surface area contributed by atoms with Crippen LogP contribution in [0.25, 0.3) is 11.1 Å². The van der Waals surface area contributed by atoms with Gasteiger partial charge in [-0.15, -0.1) is 24.8 Å². The molecule has 0 radical (unpaired) electrons. The Bertz CT molecular complexity index is 658. The molecule has 0 saturated carbocycles. The fourth-order valence-electron chi connectivity index (χ4n) is 2.61. The summed E-state index contributed by atoms with van der Waals surface area (Å²) in [6.07, 6.45) is 5.46. The minimum Gasteiger partial charge on any atom is -0.348 e. The Morgan fingerprint density at radius 3 is 2.58 bits per heavy atom. The summed E-state index contributed by atoms with van der Waals surface area (Å²) in [7, 11) is 0. The maximum Gasteiger partial charge on any atom is 0.253 e. The van der Waals surface area contributed by atoms with Gasteiger partial charge in [-0.05, 0) is 43.1 Å². The van der Waals surface area contributed by atoms with E-state index in [1.54, 1.807) is 12.4 Å². The molecule has 1 aromatic heterocycles. The third-order valence-corrected chi connectivity index (χ3v) is 4.06. The van der Waals surface area contributed by atoms with Crippen molar-refractivity contribution < 1.29 is 4.79 Å². The van der Waals surface area contributed by atoms with Crippen molar-refractivity contribution in [2.75, 3.05) is 13.1 Å². The predicted molar refractivity (Wildman–Crippen MR) is 103 cm³/mol. The van der Waals surface area contributed by atoms with Gasteiger partial charge < -0.3 is 10.6 Å². The van der Waals surface area contributed by atoms with E-state index in [0.717, 1.165) is 37.1 Å². The molecule has 1 amide bonds. The molecule has 130 valence electrons. The monoisotopic (exact) mass is 387 g/mol. The lowest BCUT2D eigenvalue weighted by atomic mass is 10.0. The molecule has 1 atom stereocenters. The highest BCUT2D eigenvalue weighted by Crippen LogP contribution is 2.21. The van der Waals surface area contributed by atoms with Gasteiger partial charge in [0.05, 0.1) is 5.56 Å². The summed E-state index contributed by atoms with van der Waals surface area (Å²) >= 11 is 5.90. The molecular weight excluding hydrogens is 369 g/mol. The van der Waals surface area contributed by atoms with Gasteiger partial charge in [-0.1, -0.05) is 23.7 Å². The zero-order chi connectivity index (χ0) is 15.4. The third-order valence-electron chi connectivity index (χ3n) is 3.81. The van der Waals surface area contributed by atoms with Crippen molar-refractivity contribution in [1.82, 2.24) is 15.6 Å². The molecule has 2 N–H and O–H groups in total. The molecule has 1 aromatic carbocycles. The SMILES string of the molecule is Cl.Cl.O=C(NC1CCCNC1)c1cncc(-c2ccc(Cl)cc2)c1. The van der Waals surface area contributed by atoms with Gasteiger partial charge in [0, 0.05) is 35.6 Å². The molecule has 1 aliphatic heterocycles. The Kier molecular flexibility index (Phi) is 8.50. The molecule has 2 aromatic rings. The Hall–Kier alpha value is -1.33. The number of benzene rings is 1. The number of hydrogen-bond donors (Lipinski definition) is 2. The van der Waals surface area contributed by atoms with E-state index in [4.69, 9.17) is 11.6 Å². The fraction of sp³-hybridized carbons (Fsp3) is 0.294. The van der Waals surface area contributed by atoms with Crippen LogP contribution >= 0.6 is 36.4 Å². The van der Waals surface area contributed by atoms with Crippen molar-refractivity contribution in [3.8, 4) is 11.1 Å². The van der Waals surface area contributed by atoms with Crippen LogP contribution in [-0.4, -0.2) is 30.0 Å². The second-order valence-electron chi connectivity index (χ2n) is 5.49. The average molecular weight is 389 g/mol. The van der Waals surface area contributed by atoms with Gasteiger partial charge in [0.25, 0.3) is 5.91 Å². The van der Waals surface area contributed by atoms with Crippen LogP contribution in [0.4, 0.5) is 0 Å². The standard InChI is InChI=1S/C17H18ClN3O.2ClH/c18-15-5-3-12(4-6-15)13-8-14(10-20-9-13)17(22)21-16-2-1-7-19-11-16;;/h3-6,8-10,16,19H,1-2,7,11H2,(H,21,22);2*1H. The van der Waals surface area contributed by atoms with Gasteiger partial charge in [-0.2, -0.15) is 0 Å². The quantitative estimate of drug-likeness (QED) is 0.842. The summed E-state index contributed by atoms with van der Waals surface area (Å²) in [6, 6.07) is 9.56. The summed E-state index contributed by atoms with van der Waals surface area (Å²) in [5.74, 6) is -0.0722. The number of carbonyl (C=O) groups is 1. The molecule has 1 fully saturated rings. The van der Waals surface area contributed by atoms with Crippen molar-refractivity contribution in [2.24, 2.45) is 0 Å². The molecule has 4 nitrogen and oxygen atoms in total. The third kappa shape index (κ3) is 5.35. The van der Waals surface area contributed by atoms with Crippen molar-refractivity contribution >= 4 is 42.3 Å². The van der Waals surface area contributed by atoms with E-state index in [1.807, 2.05) is 30.3 Å². The van der Waals surface area contributed by atoms with Crippen LogP contribution < -0.4 is 10.6 Å². The number of halogens is 3. The number of amides is 1. The van der Waals surface area contributed by atoms with Crippen LogP contribution in [0.3, 0.4) is 0 Å². The second kappa shape index (κ2) is 9.84. The number of pyridine rings is 1. The molecule has 0 aliphatic carbocycles. The molecule has 7 heteroatoms. The maximum atomic E-state index is 12.4. The molecular formula is C17H20Cl3N3O. The van der Waals surface area contributed by atoms with Crippen LogP contribution in [0.15, 0.2) is 42.7 Å². The summed E-state index contributed by atoms with van der Waals surface area (Å²) in [4.78, 5) is 16.5. The van der Waals surface area contributed by atoms with Crippen LogP contribution in [0, 0.1) is 0 Å². The molecule has 24 heavy (non-hydrogen) atoms. The number of carbonyl (C=O) groups excluding carboxylic acids is 1. The summed E-state index contributed by atoms with van der Waals surface area (Å²) < 4.78 is 0. The first-order valence-electron chi connectivity index (χ1n) is 7.45. The van der Waals surface area contributed by atoms with Crippen molar-refractivity contribution in [3.05, 3.63) is 53.3 Å². The number of nitrogens with zero attached hydrogens (tertiary/aromatic N) is 1. The smallest absolute Gasteiger partial charge is 0.253 e. The van der Waals surface area contributed by atoms with Gasteiger partial charge in [0.15, 0.2) is 0 Å². The predicted octanol–water partition coefficient (Wildman–Crippen LogP) is 3.73. The number of rotatable bonds is 3. The minimum atomic E-state index is -0.0722. The average Bonchev–Trinajstić information content (AvgIpc) is 2.56. The van der Waals surface area contributed by atoms with Gasteiger partial charge in [-0.25, -0.2) is 0 Å². The van der Waals surface area contributed by atoms with Crippen molar-refractivity contribution in [1.29, 1.82) is 0 Å². The highest BCUT2D eigenvalue weighted by molar-refractivity contribution is 6.30. The number of piperidine rings is 1. The van der Waals surface area contributed by atoms with Gasteiger partial charge >= 0.3 is 0 Å². The van der Waals surface area contributed by atoms with Crippen molar-refractivity contribution in [2.45, 2.75) is 18.9 Å². The molecule has 0 bridgehead atoms. The van der Waals surface area contributed by atoms with E-state index in [-0.39, 0.29) is 36.8 Å². The normalized spacial score (nSPS) is 16.5. The minimum absolute atomic E-state index is 0. The Balaban J connectivity index is 0.00000144. The first-order chi connectivity index (χ1) is 10.7. The van der Waals surface area contributed by atoms with E-state index in [0.29, 0.717) is 10.6 Å². The lowest BCUT2D eigenvalue weighted by Gasteiger charge is -2.23. The lowest BCUT2D eigenvalue weighted by Crippen LogP contribution is -2.45. The second-order valence-corrected chi connectivity index (χ2v) is 5.92. The molecule has 1 unspecified atom stereocenters. The van der Waals surface area contributed by atoms with Gasteiger partial charge in [0.2, 0.25) is 0 Å². The highest BCUT2D eigenvalue weighted by Gasteiger charge is 2.16. The van der Waals surface area contributed by atoms with Crippen molar-refractivity contribution in [3.63, 3.8) is 0 Å². The van der Waals surface area contributed by atoms with Crippen LogP contribution in [0.1, 0.15) is 23.2 Å². The van der Waals surface area contributed by atoms with Crippen LogP contribution in [0.5, 0.6) is 0 Å². The number of aromatic nitrogens is 1. The zero-order valence-corrected chi connectivity index (χ0v) is 15.4. The van der Waals surface area contributed by atoms with E-state index in [1.165, 1.54) is 0 Å². The number of nitrogens with one attached hydrogen (secondary N) is 2. The zero-order valence-electron chi connectivity index (χ0n) is 13.0. The summed E-state index contributed by atoms with van der Waals surface area (Å²) in [6.45, 7) is 1.86. The lowest BCUT2D eigenvalue weighted by molar-refractivity contribution is 0.0930. The van der Waals surface area contributed by atoms with E-state index < -0.39 is 0 Å². The van der Waals surface area contributed by atoms with E-state index in [9.17, 15) is 4.79 Å². The van der Waals surface area contributed by atoms with E-state index in [2.05, 4.69) is 15.6 Å². The first kappa shape index (κ1) is 20.7. The molecule has 3 rings (SSSR count). The van der Waals surface area contributed by atoms with Crippen LogP contribution in [-0.2, 0) is 0 Å².